The van der Waals surface area contributed by atoms with E-state index in [0.29, 0.717) is 40.4 Å². The van der Waals surface area contributed by atoms with Gasteiger partial charge in [0, 0.05) is 16.7 Å². The van der Waals surface area contributed by atoms with Gasteiger partial charge in [-0.3, -0.25) is 0 Å². The van der Waals surface area contributed by atoms with E-state index in [1.807, 2.05) is 24.3 Å². The van der Waals surface area contributed by atoms with E-state index in [2.05, 4.69) is 62.4 Å². The molecule has 1 heterocycles. The molecule has 0 spiro atoms. The smallest absolute Gasteiger partial charge is 0.164 e. The number of nitrogens with zero attached hydrogens (tertiary/aromatic N) is 5. The van der Waals surface area contributed by atoms with Gasteiger partial charge in [-0.1, -0.05) is 56.7 Å². The minimum absolute atomic E-state index is 0.549. The van der Waals surface area contributed by atoms with E-state index in [1.54, 1.807) is 24.3 Å². The van der Waals surface area contributed by atoms with E-state index in [4.69, 9.17) is 15.0 Å². The van der Waals surface area contributed by atoms with E-state index >= 15 is 0 Å². The van der Waals surface area contributed by atoms with Gasteiger partial charge in [0.15, 0.2) is 17.5 Å². The van der Waals surface area contributed by atoms with Crippen LogP contribution in [0, 0.1) is 46.3 Å². The van der Waals surface area contributed by atoms with Crippen LogP contribution < -0.4 is 0 Å². The molecule has 2 bridgehead atoms. The molecule has 2 saturated carbocycles. The van der Waals surface area contributed by atoms with Crippen LogP contribution in [0.15, 0.2) is 84.9 Å². The highest BCUT2D eigenvalue weighted by Crippen LogP contribution is 2.54. The number of fused-ring (bicyclic) bond motifs is 3. The van der Waals surface area contributed by atoms with E-state index in [-0.39, 0.29) is 0 Å². The summed E-state index contributed by atoms with van der Waals surface area (Å²) < 4.78 is 0. The van der Waals surface area contributed by atoms with Crippen LogP contribution in [-0.4, -0.2) is 15.0 Å². The largest absolute Gasteiger partial charge is 0.208 e. The molecule has 0 saturated heterocycles. The molecule has 0 radical (unpaired) electrons. The molecule has 216 valence electrons. The Kier molecular flexibility index (Phi) is 7.41. The molecule has 4 aromatic carbocycles. The molecule has 5 aromatic rings. The molecule has 44 heavy (non-hydrogen) atoms. The third-order valence-electron chi connectivity index (χ3n) is 9.99. The van der Waals surface area contributed by atoms with Crippen LogP contribution in [0.1, 0.15) is 68.6 Å². The molecule has 5 atom stereocenters. The zero-order valence-electron chi connectivity index (χ0n) is 25.2. The van der Waals surface area contributed by atoms with Gasteiger partial charge in [0.1, 0.15) is 0 Å². The van der Waals surface area contributed by atoms with Crippen LogP contribution in [0.5, 0.6) is 0 Å². The number of benzene rings is 4. The highest BCUT2D eigenvalue weighted by molar-refractivity contribution is 5.97. The van der Waals surface area contributed by atoms with Crippen molar-refractivity contribution in [2.75, 3.05) is 0 Å². The molecule has 5 heteroatoms. The summed E-state index contributed by atoms with van der Waals surface area (Å²) in [7, 11) is 0. The minimum atomic E-state index is 0.549. The van der Waals surface area contributed by atoms with Gasteiger partial charge >= 0.3 is 0 Å². The van der Waals surface area contributed by atoms with Crippen molar-refractivity contribution in [1.82, 2.24) is 15.0 Å². The normalized spacial score (nSPS) is 22.7. The number of hydrogen-bond acceptors (Lipinski definition) is 5. The van der Waals surface area contributed by atoms with E-state index < -0.39 is 0 Å². The molecule has 2 aliphatic rings. The van der Waals surface area contributed by atoms with Crippen molar-refractivity contribution in [2.24, 2.45) is 23.7 Å². The molecule has 0 amide bonds. The lowest BCUT2D eigenvalue weighted by molar-refractivity contribution is 0.0767. The summed E-state index contributed by atoms with van der Waals surface area (Å²) in [6.07, 6.45) is 6.63. The van der Waals surface area contributed by atoms with Crippen LogP contribution in [0.3, 0.4) is 0 Å². The third-order valence-corrected chi connectivity index (χ3v) is 9.99. The van der Waals surface area contributed by atoms with Crippen molar-refractivity contribution in [3.05, 3.63) is 102 Å². The molecule has 0 N–H and O–H groups in total. The van der Waals surface area contributed by atoms with Gasteiger partial charge in [-0.2, -0.15) is 10.5 Å². The van der Waals surface area contributed by atoms with E-state index in [1.165, 1.54) is 43.1 Å². The first-order chi connectivity index (χ1) is 21.5. The Morgan fingerprint density at radius 1 is 0.659 bits per heavy atom. The maximum Gasteiger partial charge on any atom is 0.164 e. The third kappa shape index (κ3) is 5.14. The van der Waals surface area contributed by atoms with Crippen molar-refractivity contribution in [2.45, 2.75) is 51.9 Å². The number of aromatic nitrogens is 3. The molecule has 1 aromatic heterocycles. The summed E-state index contributed by atoms with van der Waals surface area (Å²) in [6, 6.07) is 32.4. The van der Waals surface area contributed by atoms with Gasteiger partial charge in [0.2, 0.25) is 0 Å². The van der Waals surface area contributed by atoms with E-state index in [0.717, 1.165) is 39.8 Å². The molecule has 2 fully saturated rings. The van der Waals surface area contributed by atoms with Crippen LogP contribution >= 0.6 is 0 Å². The summed E-state index contributed by atoms with van der Waals surface area (Å²) in [5, 5.41) is 21.1. The second-order valence-corrected chi connectivity index (χ2v) is 12.8. The Balaban J connectivity index is 1.39. The predicted octanol–water partition coefficient (Wildman–Crippen LogP) is 9.34. The topological polar surface area (TPSA) is 86.2 Å². The fourth-order valence-corrected chi connectivity index (χ4v) is 8.13. The Labute approximate surface area is 259 Å². The molecule has 5 nitrogen and oxygen atoms in total. The Morgan fingerprint density at radius 2 is 1.25 bits per heavy atom. The van der Waals surface area contributed by atoms with Crippen molar-refractivity contribution in [3.8, 4) is 46.3 Å². The van der Waals surface area contributed by atoms with Crippen LogP contribution in [0.2, 0.25) is 0 Å². The van der Waals surface area contributed by atoms with Crippen molar-refractivity contribution in [1.29, 1.82) is 10.5 Å². The zero-order valence-corrected chi connectivity index (χ0v) is 25.2. The van der Waals surface area contributed by atoms with Gasteiger partial charge < -0.3 is 0 Å². The van der Waals surface area contributed by atoms with Crippen LogP contribution in [-0.2, 0) is 0 Å². The zero-order chi connectivity index (χ0) is 30.2. The molecule has 2 aliphatic carbocycles. The molecular formula is C39H35N5. The first-order valence-corrected chi connectivity index (χ1v) is 15.8. The quantitative estimate of drug-likeness (QED) is 0.209. The first-order valence-electron chi connectivity index (χ1n) is 15.8. The summed E-state index contributed by atoms with van der Waals surface area (Å²) >= 11 is 0. The maximum atomic E-state index is 9.32. The van der Waals surface area contributed by atoms with Gasteiger partial charge in [0.05, 0.1) is 23.3 Å². The van der Waals surface area contributed by atoms with Crippen molar-refractivity contribution >= 4 is 10.8 Å². The Morgan fingerprint density at radius 3 is 1.84 bits per heavy atom. The molecular weight excluding hydrogens is 538 g/mol. The standard InChI is InChI=1S/C39H35N5/c1-3-28-20-27-18-24(2)19-31(21-27)36(28)34-16-17-35(33-7-5-4-6-32(33)34)39-43-37(29-12-8-25(22-40)9-13-29)42-38(44-39)30-14-10-26(23-41)11-15-30/h4-17,24,27-28,31,36H,3,18-21H2,1-2H3. The average molecular weight is 574 g/mol. The second-order valence-electron chi connectivity index (χ2n) is 12.8. The van der Waals surface area contributed by atoms with Crippen LogP contribution in [0.25, 0.3) is 44.9 Å². The maximum absolute atomic E-state index is 9.32. The number of nitriles is 2. The lowest BCUT2D eigenvalue weighted by Gasteiger charge is -2.48. The van der Waals surface area contributed by atoms with Crippen molar-refractivity contribution in [3.63, 3.8) is 0 Å². The Hall–Kier alpha value is -4.87. The molecule has 7 rings (SSSR count). The SMILES string of the molecule is CCC1CC2CC(C)CC(C2)C1c1ccc(-c2nc(-c3ccc(C#N)cc3)nc(-c3ccc(C#N)cc3)n2)c2ccccc12. The second kappa shape index (κ2) is 11.7. The highest BCUT2D eigenvalue weighted by atomic mass is 15.0. The summed E-state index contributed by atoms with van der Waals surface area (Å²) in [4.78, 5) is 14.9. The summed E-state index contributed by atoms with van der Waals surface area (Å²) in [5.41, 5.74) is 5.26. The summed E-state index contributed by atoms with van der Waals surface area (Å²) in [6.45, 7) is 4.82. The first kappa shape index (κ1) is 27.9. The number of rotatable bonds is 5. The summed E-state index contributed by atoms with van der Waals surface area (Å²) in [5.74, 6) is 5.41. The average Bonchev–Trinajstić information content (AvgIpc) is 3.07. The van der Waals surface area contributed by atoms with Crippen LogP contribution in [0.4, 0.5) is 0 Å². The van der Waals surface area contributed by atoms with Crippen molar-refractivity contribution < 1.29 is 0 Å². The highest BCUT2D eigenvalue weighted by Gasteiger charge is 2.42. The van der Waals surface area contributed by atoms with Gasteiger partial charge in [-0.15, -0.1) is 0 Å². The lowest BCUT2D eigenvalue weighted by Crippen LogP contribution is -2.36. The monoisotopic (exact) mass is 573 g/mol. The fourth-order valence-electron chi connectivity index (χ4n) is 8.13. The molecule has 5 unspecified atom stereocenters. The Bertz CT molecular complexity index is 1830. The van der Waals surface area contributed by atoms with Gasteiger partial charge in [-0.25, -0.2) is 15.0 Å². The number of hydrogen-bond donors (Lipinski definition) is 0. The van der Waals surface area contributed by atoms with Gasteiger partial charge in [-0.05, 0) is 120 Å². The van der Waals surface area contributed by atoms with E-state index in [9.17, 15) is 10.5 Å². The lowest BCUT2D eigenvalue weighted by atomic mass is 9.57. The fraction of sp³-hybridized carbons (Fsp3) is 0.308. The molecule has 0 aliphatic heterocycles. The minimum Gasteiger partial charge on any atom is -0.208 e. The predicted molar refractivity (Wildman–Crippen MR) is 174 cm³/mol. The van der Waals surface area contributed by atoms with Gasteiger partial charge in [0.25, 0.3) is 0 Å².